The summed E-state index contributed by atoms with van der Waals surface area (Å²) in [6.07, 6.45) is 2.70. The quantitative estimate of drug-likeness (QED) is 0.797. The van der Waals surface area contributed by atoms with E-state index in [-0.39, 0.29) is 11.5 Å². The van der Waals surface area contributed by atoms with Gasteiger partial charge in [-0.1, -0.05) is 12.2 Å². The molecule has 1 aromatic heterocycles. The van der Waals surface area contributed by atoms with Crippen molar-refractivity contribution in [2.45, 2.75) is 26.3 Å². The molecule has 0 aliphatic rings. The van der Waals surface area contributed by atoms with Gasteiger partial charge in [-0.25, -0.2) is 0 Å². The van der Waals surface area contributed by atoms with Crippen LogP contribution in [-0.2, 0) is 11.3 Å². The standard InChI is InChI=1S/C17H19N3O2S/c1-12-8-10-20(16(22)11-12)9-2-3-15(21)19-14-6-4-13(5-7-14)17(18)23/h4-8,10-11H,2-3,9H2,1H3,(H2,18,23)(H,19,21). The number of nitrogens with two attached hydrogens (primary N) is 1. The number of nitrogens with one attached hydrogen (secondary N) is 1. The number of pyridine rings is 1. The van der Waals surface area contributed by atoms with Gasteiger partial charge in [0.15, 0.2) is 0 Å². The number of hydrogen-bond acceptors (Lipinski definition) is 3. The number of carbonyl (C=O) groups is 1. The molecule has 0 bridgehead atoms. The molecule has 2 rings (SSSR count). The minimum absolute atomic E-state index is 0.0428. The number of rotatable bonds is 6. The van der Waals surface area contributed by atoms with Crippen molar-refractivity contribution in [3.05, 3.63) is 64.1 Å². The summed E-state index contributed by atoms with van der Waals surface area (Å²) in [5.74, 6) is -0.0896. The van der Waals surface area contributed by atoms with E-state index in [1.165, 1.54) is 0 Å². The number of nitrogens with zero attached hydrogens (tertiary/aromatic N) is 1. The Hall–Kier alpha value is -2.47. The third kappa shape index (κ3) is 5.03. The van der Waals surface area contributed by atoms with Gasteiger partial charge in [-0.2, -0.15) is 0 Å². The van der Waals surface area contributed by atoms with Crippen LogP contribution in [0.2, 0.25) is 0 Å². The third-order valence-electron chi connectivity index (χ3n) is 3.41. The molecular weight excluding hydrogens is 310 g/mol. The van der Waals surface area contributed by atoms with E-state index in [4.69, 9.17) is 18.0 Å². The zero-order valence-electron chi connectivity index (χ0n) is 12.9. The molecule has 0 aliphatic carbocycles. The molecular formula is C17H19N3O2S. The van der Waals surface area contributed by atoms with Gasteiger partial charge in [-0.15, -0.1) is 0 Å². The number of anilines is 1. The van der Waals surface area contributed by atoms with Crippen LogP contribution in [0.4, 0.5) is 5.69 Å². The maximum Gasteiger partial charge on any atom is 0.250 e. The van der Waals surface area contributed by atoms with Crippen LogP contribution in [0.3, 0.4) is 0 Å². The molecule has 0 saturated carbocycles. The van der Waals surface area contributed by atoms with Crippen molar-refractivity contribution < 1.29 is 4.79 Å². The van der Waals surface area contributed by atoms with Crippen LogP contribution in [0.1, 0.15) is 24.0 Å². The van der Waals surface area contributed by atoms with E-state index >= 15 is 0 Å². The lowest BCUT2D eigenvalue weighted by Gasteiger charge is -2.08. The molecule has 5 nitrogen and oxygen atoms in total. The minimum atomic E-state index is -0.0896. The Labute approximate surface area is 140 Å². The van der Waals surface area contributed by atoms with Crippen LogP contribution in [0.15, 0.2) is 47.4 Å². The highest BCUT2D eigenvalue weighted by Gasteiger charge is 2.04. The molecule has 3 N–H and O–H groups in total. The van der Waals surface area contributed by atoms with E-state index in [9.17, 15) is 9.59 Å². The van der Waals surface area contributed by atoms with Crippen molar-refractivity contribution in [1.29, 1.82) is 0 Å². The van der Waals surface area contributed by atoms with E-state index in [1.54, 1.807) is 41.1 Å². The van der Waals surface area contributed by atoms with E-state index in [2.05, 4.69) is 5.32 Å². The highest BCUT2D eigenvalue weighted by atomic mass is 32.1. The van der Waals surface area contributed by atoms with Gasteiger partial charge in [-0.05, 0) is 49.2 Å². The number of carbonyl (C=O) groups excluding carboxylic acids is 1. The van der Waals surface area contributed by atoms with Crippen molar-refractivity contribution in [2.24, 2.45) is 5.73 Å². The molecule has 0 atom stereocenters. The largest absolute Gasteiger partial charge is 0.389 e. The molecule has 1 amide bonds. The number of thiocarbonyl (C=S) groups is 1. The minimum Gasteiger partial charge on any atom is -0.389 e. The van der Waals surface area contributed by atoms with E-state index in [0.29, 0.717) is 30.1 Å². The summed E-state index contributed by atoms with van der Waals surface area (Å²) in [5, 5.41) is 2.81. The first-order chi connectivity index (χ1) is 11.0. The van der Waals surface area contributed by atoms with E-state index in [0.717, 1.165) is 11.1 Å². The monoisotopic (exact) mass is 329 g/mol. The van der Waals surface area contributed by atoms with Crippen LogP contribution in [-0.4, -0.2) is 15.5 Å². The average Bonchev–Trinajstić information content (AvgIpc) is 2.50. The summed E-state index contributed by atoms with van der Waals surface area (Å²) in [6.45, 7) is 2.40. The van der Waals surface area contributed by atoms with Crippen LogP contribution in [0, 0.1) is 6.92 Å². The molecule has 120 valence electrons. The van der Waals surface area contributed by atoms with Crippen LogP contribution >= 0.6 is 12.2 Å². The van der Waals surface area contributed by atoms with Crippen LogP contribution in [0.5, 0.6) is 0 Å². The number of aryl methyl sites for hydroxylation is 2. The first-order valence-electron chi connectivity index (χ1n) is 7.32. The lowest BCUT2D eigenvalue weighted by Crippen LogP contribution is -2.20. The Balaban J connectivity index is 1.83. The molecule has 1 heterocycles. The highest BCUT2D eigenvalue weighted by Crippen LogP contribution is 2.10. The molecule has 0 spiro atoms. The first-order valence-corrected chi connectivity index (χ1v) is 7.73. The summed E-state index contributed by atoms with van der Waals surface area (Å²) in [7, 11) is 0. The number of benzene rings is 1. The van der Waals surface area contributed by atoms with Crippen LogP contribution < -0.4 is 16.6 Å². The Kier molecular flexibility index (Phi) is 5.65. The first kappa shape index (κ1) is 16.9. The highest BCUT2D eigenvalue weighted by molar-refractivity contribution is 7.80. The summed E-state index contributed by atoms with van der Waals surface area (Å²) >= 11 is 4.88. The van der Waals surface area contributed by atoms with Crippen molar-refractivity contribution >= 4 is 28.8 Å². The third-order valence-corrected chi connectivity index (χ3v) is 3.64. The van der Waals surface area contributed by atoms with Gasteiger partial charge in [0, 0.05) is 36.5 Å². The molecule has 0 unspecified atom stereocenters. The zero-order chi connectivity index (χ0) is 16.8. The van der Waals surface area contributed by atoms with E-state index < -0.39 is 0 Å². The molecule has 0 radical (unpaired) electrons. The predicted octanol–water partition coefficient (Wildman–Crippen LogP) is 2.21. The van der Waals surface area contributed by atoms with Gasteiger partial charge >= 0.3 is 0 Å². The zero-order valence-corrected chi connectivity index (χ0v) is 13.7. The molecule has 0 fully saturated rings. The normalized spacial score (nSPS) is 10.3. The fraction of sp³-hybridized carbons (Fsp3) is 0.235. The van der Waals surface area contributed by atoms with Gasteiger partial charge in [-0.3, -0.25) is 9.59 Å². The smallest absolute Gasteiger partial charge is 0.250 e. The Morgan fingerprint density at radius 3 is 2.57 bits per heavy atom. The van der Waals surface area contributed by atoms with Gasteiger partial charge in [0.1, 0.15) is 4.99 Å². The lowest BCUT2D eigenvalue weighted by molar-refractivity contribution is -0.116. The van der Waals surface area contributed by atoms with Crippen molar-refractivity contribution in [1.82, 2.24) is 4.57 Å². The number of amides is 1. The molecule has 6 heteroatoms. The Morgan fingerprint density at radius 2 is 1.96 bits per heavy atom. The lowest BCUT2D eigenvalue weighted by atomic mass is 10.2. The van der Waals surface area contributed by atoms with Gasteiger partial charge in [0.25, 0.3) is 5.56 Å². The molecule has 1 aromatic carbocycles. The molecule has 23 heavy (non-hydrogen) atoms. The molecule has 2 aromatic rings. The van der Waals surface area contributed by atoms with E-state index in [1.807, 2.05) is 13.0 Å². The summed E-state index contributed by atoms with van der Waals surface area (Å²) in [5.41, 5.74) is 7.87. The van der Waals surface area contributed by atoms with Crippen LogP contribution in [0.25, 0.3) is 0 Å². The summed E-state index contributed by atoms with van der Waals surface area (Å²) in [4.78, 5) is 24.0. The second-order valence-electron chi connectivity index (χ2n) is 5.33. The van der Waals surface area contributed by atoms with Gasteiger partial charge in [0.05, 0.1) is 0 Å². The van der Waals surface area contributed by atoms with Crippen molar-refractivity contribution in [3.8, 4) is 0 Å². The summed E-state index contributed by atoms with van der Waals surface area (Å²) < 4.78 is 1.61. The van der Waals surface area contributed by atoms with Crippen molar-refractivity contribution in [3.63, 3.8) is 0 Å². The number of aromatic nitrogens is 1. The Morgan fingerprint density at radius 1 is 1.26 bits per heavy atom. The summed E-state index contributed by atoms with van der Waals surface area (Å²) in [6, 6.07) is 10.5. The van der Waals surface area contributed by atoms with Gasteiger partial charge < -0.3 is 15.6 Å². The average molecular weight is 329 g/mol. The van der Waals surface area contributed by atoms with Crippen molar-refractivity contribution in [2.75, 3.05) is 5.32 Å². The fourth-order valence-electron chi connectivity index (χ4n) is 2.14. The molecule has 0 saturated heterocycles. The SMILES string of the molecule is Cc1ccn(CCCC(=O)Nc2ccc(C(N)=S)cc2)c(=O)c1. The fourth-order valence-corrected chi connectivity index (χ4v) is 2.28. The second-order valence-corrected chi connectivity index (χ2v) is 5.77. The number of hydrogen-bond donors (Lipinski definition) is 2. The molecule has 0 aliphatic heterocycles. The second kappa shape index (κ2) is 7.69. The van der Waals surface area contributed by atoms with Gasteiger partial charge in [0.2, 0.25) is 5.91 Å². The Bertz CT molecular complexity index is 766. The maximum absolute atomic E-state index is 11.9. The topological polar surface area (TPSA) is 77.1 Å². The maximum atomic E-state index is 11.9. The predicted molar refractivity (Wildman–Crippen MR) is 95.6 cm³/mol.